The maximum absolute atomic E-state index is 6.23. The number of allylic oxidation sites excluding steroid dienone is 5. The van der Waals surface area contributed by atoms with Gasteiger partial charge in [0.25, 0.3) is 0 Å². The molecular formula is C48H33NO. The average molecular weight is 640 g/mol. The van der Waals surface area contributed by atoms with E-state index in [1.807, 2.05) is 12.1 Å². The van der Waals surface area contributed by atoms with Crippen molar-refractivity contribution < 1.29 is 4.42 Å². The van der Waals surface area contributed by atoms with Crippen LogP contribution in [-0.4, -0.2) is 6.04 Å². The van der Waals surface area contributed by atoms with Gasteiger partial charge in [-0.3, -0.25) is 0 Å². The van der Waals surface area contributed by atoms with Crippen LogP contribution in [0.2, 0.25) is 0 Å². The number of para-hydroxylation sites is 1. The topological polar surface area (TPSA) is 16.4 Å². The average Bonchev–Trinajstić information content (AvgIpc) is 3.56. The summed E-state index contributed by atoms with van der Waals surface area (Å²) in [5.74, 6) is 0.238. The van der Waals surface area contributed by atoms with Gasteiger partial charge < -0.3 is 9.32 Å². The molecule has 50 heavy (non-hydrogen) atoms. The summed E-state index contributed by atoms with van der Waals surface area (Å²) >= 11 is 0. The van der Waals surface area contributed by atoms with Crippen molar-refractivity contribution in [2.24, 2.45) is 5.92 Å². The van der Waals surface area contributed by atoms with Gasteiger partial charge in [0.1, 0.15) is 11.2 Å². The van der Waals surface area contributed by atoms with Gasteiger partial charge in [-0.15, -0.1) is 0 Å². The van der Waals surface area contributed by atoms with Crippen molar-refractivity contribution in [1.29, 1.82) is 0 Å². The Morgan fingerprint density at radius 3 is 1.88 bits per heavy atom. The Morgan fingerprint density at radius 2 is 1.08 bits per heavy atom. The fraction of sp³-hybridized carbons (Fsp3) is 0.0417. The number of fused-ring (bicyclic) bond motifs is 6. The van der Waals surface area contributed by atoms with E-state index in [0.717, 1.165) is 33.3 Å². The summed E-state index contributed by atoms with van der Waals surface area (Å²) in [4.78, 5) is 2.51. The molecule has 0 fully saturated rings. The fourth-order valence-electron chi connectivity index (χ4n) is 7.85. The number of benzene rings is 7. The van der Waals surface area contributed by atoms with Crippen molar-refractivity contribution in [2.45, 2.75) is 6.04 Å². The maximum atomic E-state index is 6.23. The fourth-order valence-corrected chi connectivity index (χ4v) is 7.85. The second-order valence-corrected chi connectivity index (χ2v) is 13.3. The van der Waals surface area contributed by atoms with Crippen molar-refractivity contribution in [2.75, 3.05) is 4.90 Å². The van der Waals surface area contributed by atoms with E-state index in [4.69, 9.17) is 4.42 Å². The number of nitrogens with zero attached hydrogens (tertiary/aromatic N) is 1. The lowest BCUT2D eigenvalue weighted by atomic mass is 9.83. The molecule has 2 aliphatic carbocycles. The third-order valence-electron chi connectivity index (χ3n) is 10.4. The van der Waals surface area contributed by atoms with Gasteiger partial charge in [0.15, 0.2) is 0 Å². The van der Waals surface area contributed by atoms with E-state index in [1.165, 1.54) is 49.4 Å². The van der Waals surface area contributed by atoms with Gasteiger partial charge in [-0.1, -0.05) is 134 Å². The molecule has 2 aliphatic rings. The first-order valence-corrected chi connectivity index (χ1v) is 17.3. The van der Waals surface area contributed by atoms with E-state index in [-0.39, 0.29) is 12.0 Å². The van der Waals surface area contributed by atoms with Crippen LogP contribution >= 0.6 is 0 Å². The number of hydrogen-bond donors (Lipinski definition) is 0. The summed E-state index contributed by atoms with van der Waals surface area (Å²) in [5.41, 5.74) is 10.3. The minimum atomic E-state index is 0.103. The molecule has 2 atom stereocenters. The van der Waals surface area contributed by atoms with E-state index < -0.39 is 0 Å². The number of rotatable bonds is 5. The van der Waals surface area contributed by atoms with Gasteiger partial charge in [0, 0.05) is 28.1 Å². The van der Waals surface area contributed by atoms with Crippen LogP contribution in [0.1, 0.15) is 0 Å². The lowest BCUT2D eigenvalue weighted by Crippen LogP contribution is -2.37. The second-order valence-electron chi connectivity index (χ2n) is 13.3. The molecule has 2 nitrogen and oxygen atoms in total. The lowest BCUT2D eigenvalue weighted by molar-refractivity contribution is 0.639. The van der Waals surface area contributed by atoms with Gasteiger partial charge in [0.2, 0.25) is 0 Å². The van der Waals surface area contributed by atoms with Crippen LogP contribution in [0.15, 0.2) is 198 Å². The van der Waals surface area contributed by atoms with Gasteiger partial charge in [-0.2, -0.15) is 0 Å². The molecule has 0 bridgehead atoms. The van der Waals surface area contributed by atoms with E-state index in [2.05, 4.69) is 181 Å². The molecule has 0 aliphatic heterocycles. The van der Waals surface area contributed by atoms with Gasteiger partial charge in [-0.25, -0.2) is 0 Å². The predicted molar refractivity (Wildman–Crippen MR) is 211 cm³/mol. The van der Waals surface area contributed by atoms with E-state index >= 15 is 0 Å². The third kappa shape index (κ3) is 4.88. The zero-order valence-corrected chi connectivity index (χ0v) is 27.4. The highest BCUT2D eigenvalue weighted by atomic mass is 16.3. The minimum absolute atomic E-state index is 0.103. The molecule has 2 unspecified atom stereocenters. The Balaban J connectivity index is 1.09. The summed E-state index contributed by atoms with van der Waals surface area (Å²) in [5, 5.41) is 7.20. The van der Waals surface area contributed by atoms with Crippen LogP contribution in [0.25, 0.3) is 65.7 Å². The number of anilines is 2. The highest BCUT2D eigenvalue weighted by molar-refractivity contribution is 6.06. The quantitative estimate of drug-likeness (QED) is 0.186. The Kier molecular flexibility index (Phi) is 6.67. The SMILES string of the molecule is C1=CC2=CC=CC(N(c3ccc4ccc(-c5ccc6ccc(-c7ccccc7)cc6c5)cc4c3)c3ccc4oc5ccccc5c4c3)C2C=C1. The number of furan rings is 1. The molecular weight excluding hydrogens is 607 g/mol. The summed E-state index contributed by atoms with van der Waals surface area (Å²) in [6.07, 6.45) is 15.7. The van der Waals surface area contributed by atoms with Crippen LogP contribution in [0, 0.1) is 5.92 Å². The second kappa shape index (κ2) is 11.6. The lowest BCUT2D eigenvalue weighted by Gasteiger charge is -2.38. The van der Waals surface area contributed by atoms with Crippen molar-refractivity contribution in [3.05, 3.63) is 194 Å². The van der Waals surface area contributed by atoms with E-state index in [0.29, 0.717) is 0 Å². The first kappa shape index (κ1) is 28.6. The zero-order valence-electron chi connectivity index (χ0n) is 27.4. The van der Waals surface area contributed by atoms with Crippen LogP contribution in [0.4, 0.5) is 11.4 Å². The van der Waals surface area contributed by atoms with E-state index in [9.17, 15) is 0 Å². The zero-order chi connectivity index (χ0) is 33.0. The van der Waals surface area contributed by atoms with Crippen molar-refractivity contribution in [3.63, 3.8) is 0 Å². The molecule has 0 saturated heterocycles. The molecule has 0 radical (unpaired) electrons. The van der Waals surface area contributed by atoms with Crippen LogP contribution in [0.3, 0.4) is 0 Å². The van der Waals surface area contributed by atoms with Crippen molar-refractivity contribution in [3.8, 4) is 22.3 Å². The van der Waals surface area contributed by atoms with Crippen molar-refractivity contribution in [1.82, 2.24) is 0 Å². The highest BCUT2D eigenvalue weighted by Gasteiger charge is 2.30. The molecule has 0 saturated carbocycles. The molecule has 0 amide bonds. The Labute approximate surface area is 291 Å². The molecule has 8 aromatic rings. The standard InChI is InChI=1S/C48H33NO/c1-2-9-32(10-3-1)36-20-17-33-18-21-37(28-39(33)27-36)38-22-19-34-23-24-41(30-40(34)29-38)49(46-15-8-12-35-11-4-5-13-43(35)46)42-25-26-48-45(31-42)44-14-6-7-16-47(44)50-48/h1-31,43,46H. The minimum Gasteiger partial charge on any atom is -0.456 e. The summed E-state index contributed by atoms with van der Waals surface area (Å²) in [6, 6.07) is 53.0. The number of hydrogen-bond acceptors (Lipinski definition) is 2. The Morgan fingerprint density at radius 1 is 0.440 bits per heavy atom. The smallest absolute Gasteiger partial charge is 0.135 e. The Bertz CT molecular complexity index is 2720. The molecule has 2 heteroatoms. The Hall–Kier alpha value is -6.38. The first-order valence-electron chi connectivity index (χ1n) is 17.3. The van der Waals surface area contributed by atoms with Crippen molar-refractivity contribution >= 4 is 54.9 Å². The van der Waals surface area contributed by atoms with Gasteiger partial charge in [-0.05, 0) is 104 Å². The molecule has 1 heterocycles. The normalized spacial score (nSPS) is 16.7. The predicted octanol–water partition coefficient (Wildman–Crippen LogP) is 13.0. The van der Waals surface area contributed by atoms with Crippen LogP contribution in [-0.2, 0) is 0 Å². The molecule has 236 valence electrons. The van der Waals surface area contributed by atoms with Gasteiger partial charge in [0.05, 0.1) is 6.04 Å². The van der Waals surface area contributed by atoms with E-state index in [1.54, 1.807) is 0 Å². The summed E-state index contributed by atoms with van der Waals surface area (Å²) in [7, 11) is 0. The van der Waals surface area contributed by atoms with Crippen LogP contribution in [0.5, 0.6) is 0 Å². The summed E-state index contributed by atoms with van der Waals surface area (Å²) < 4.78 is 6.23. The van der Waals surface area contributed by atoms with Gasteiger partial charge >= 0.3 is 0 Å². The molecule has 10 rings (SSSR count). The maximum Gasteiger partial charge on any atom is 0.135 e. The molecule has 1 aromatic heterocycles. The molecule has 0 N–H and O–H groups in total. The molecule has 0 spiro atoms. The first-order chi connectivity index (χ1) is 24.7. The molecule has 7 aromatic carbocycles. The monoisotopic (exact) mass is 639 g/mol. The summed E-state index contributed by atoms with van der Waals surface area (Å²) in [6.45, 7) is 0. The van der Waals surface area contributed by atoms with Crippen LogP contribution < -0.4 is 4.90 Å². The third-order valence-corrected chi connectivity index (χ3v) is 10.4. The highest BCUT2D eigenvalue weighted by Crippen LogP contribution is 2.41. The largest absolute Gasteiger partial charge is 0.456 e.